The minimum Gasteiger partial charge on any atom is -0.348 e. The van der Waals surface area contributed by atoms with Crippen LogP contribution in [0, 0.1) is 11.6 Å². The molecule has 134 valence electrons. The molecule has 1 saturated heterocycles. The minimum atomic E-state index is -0.721. The first-order valence-corrected chi connectivity index (χ1v) is 8.34. The Labute approximate surface area is 150 Å². The molecule has 1 aliphatic rings. The van der Waals surface area contributed by atoms with Crippen molar-refractivity contribution >= 4 is 23.6 Å². The Bertz CT molecular complexity index is 827. The van der Waals surface area contributed by atoms with Crippen LogP contribution >= 0.6 is 0 Å². The standard InChI is InChI=1S/C20H18F2N2O2/c21-17-3-1-4-18(22)16(17)10-11-19(25)23-13-14-6-8-15(9-7-14)24-12-2-5-20(24)26/h1,3-4,6-11H,2,5,12-13H2,(H,23,25)/b11-10+. The van der Waals surface area contributed by atoms with E-state index in [4.69, 9.17) is 0 Å². The lowest BCUT2D eigenvalue weighted by Crippen LogP contribution is -2.23. The largest absolute Gasteiger partial charge is 0.348 e. The number of carbonyl (C=O) groups excluding carboxylic acids is 2. The lowest BCUT2D eigenvalue weighted by Gasteiger charge is -2.15. The second kappa shape index (κ2) is 7.91. The Kier molecular flexibility index (Phi) is 5.41. The number of rotatable bonds is 5. The summed E-state index contributed by atoms with van der Waals surface area (Å²) in [6, 6.07) is 10.9. The van der Waals surface area contributed by atoms with E-state index in [1.165, 1.54) is 6.07 Å². The molecule has 0 aliphatic carbocycles. The molecular weight excluding hydrogens is 338 g/mol. The molecule has 6 heteroatoms. The van der Waals surface area contributed by atoms with Crippen molar-refractivity contribution in [3.63, 3.8) is 0 Å². The molecule has 0 saturated carbocycles. The van der Waals surface area contributed by atoms with Gasteiger partial charge in [0.1, 0.15) is 11.6 Å². The zero-order valence-electron chi connectivity index (χ0n) is 14.0. The van der Waals surface area contributed by atoms with Crippen molar-refractivity contribution in [2.75, 3.05) is 11.4 Å². The highest BCUT2D eigenvalue weighted by molar-refractivity contribution is 5.95. The molecule has 0 aromatic heterocycles. The second-order valence-corrected chi connectivity index (χ2v) is 6.00. The van der Waals surface area contributed by atoms with Crippen LogP contribution < -0.4 is 10.2 Å². The first kappa shape index (κ1) is 17.8. The van der Waals surface area contributed by atoms with Gasteiger partial charge in [-0.2, -0.15) is 0 Å². The van der Waals surface area contributed by atoms with Crippen LogP contribution in [0.4, 0.5) is 14.5 Å². The van der Waals surface area contributed by atoms with Gasteiger partial charge in [0.15, 0.2) is 0 Å². The van der Waals surface area contributed by atoms with E-state index in [1.54, 1.807) is 4.90 Å². The number of nitrogens with zero attached hydrogens (tertiary/aromatic N) is 1. The van der Waals surface area contributed by atoms with Gasteiger partial charge < -0.3 is 10.2 Å². The highest BCUT2D eigenvalue weighted by atomic mass is 19.1. The fraction of sp³-hybridized carbons (Fsp3) is 0.200. The summed E-state index contributed by atoms with van der Waals surface area (Å²) in [7, 11) is 0. The molecule has 2 amide bonds. The van der Waals surface area contributed by atoms with Gasteiger partial charge in [0.25, 0.3) is 0 Å². The number of benzene rings is 2. The smallest absolute Gasteiger partial charge is 0.244 e. The molecule has 1 N–H and O–H groups in total. The molecule has 0 atom stereocenters. The highest BCUT2D eigenvalue weighted by Gasteiger charge is 2.21. The van der Waals surface area contributed by atoms with Gasteiger partial charge in [-0.15, -0.1) is 0 Å². The van der Waals surface area contributed by atoms with E-state index in [-0.39, 0.29) is 18.0 Å². The zero-order chi connectivity index (χ0) is 18.5. The van der Waals surface area contributed by atoms with Crippen LogP contribution in [0.25, 0.3) is 6.08 Å². The van der Waals surface area contributed by atoms with Crippen molar-refractivity contribution in [2.45, 2.75) is 19.4 Å². The van der Waals surface area contributed by atoms with Crippen LogP contribution in [0.5, 0.6) is 0 Å². The third kappa shape index (κ3) is 4.14. The molecule has 3 rings (SSSR count). The molecule has 2 aromatic carbocycles. The van der Waals surface area contributed by atoms with Crippen molar-refractivity contribution in [2.24, 2.45) is 0 Å². The first-order valence-electron chi connectivity index (χ1n) is 8.34. The van der Waals surface area contributed by atoms with Crippen LogP contribution in [0.1, 0.15) is 24.0 Å². The van der Waals surface area contributed by atoms with Gasteiger partial charge in [0.05, 0.1) is 0 Å². The van der Waals surface area contributed by atoms with E-state index < -0.39 is 17.5 Å². The SMILES string of the molecule is O=C(/C=C/c1c(F)cccc1F)NCc1ccc(N2CCCC2=O)cc1. The number of amides is 2. The maximum absolute atomic E-state index is 13.5. The quantitative estimate of drug-likeness (QED) is 0.835. The van der Waals surface area contributed by atoms with Crippen molar-refractivity contribution in [3.05, 3.63) is 71.3 Å². The summed E-state index contributed by atoms with van der Waals surface area (Å²) >= 11 is 0. The van der Waals surface area contributed by atoms with E-state index in [9.17, 15) is 18.4 Å². The summed E-state index contributed by atoms with van der Waals surface area (Å²) in [4.78, 5) is 25.3. The summed E-state index contributed by atoms with van der Waals surface area (Å²) in [5.41, 5.74) is 1.46. The Balaban J connectivity index is 1.56. The fourth-order valence-corrected chi connectivity index (χ4v) is 2.79. The van der Waals surface area contributed by atoms with E-state index in [2.05, 4.69) is 5.32 Å². The number of hydrogen-bond acceptors (Lipinski definition) is 2. The van der Waals surface area contributed by atoms with Crippen LogP contribution in [0.15, 0.2) is 48.5 Å². The van der Waals surface area contributed by atoms with Crippen LogP contribution in [-0.2, 0) is 16.1 Å². The van der Waals surface area contributed by atoms with E-state index in [0.717, 1.165) is 48.5 Å². The molecule has 0 spiro atoms. The summed E-state index contributed by atoms with van der Waals surface area (Å²) in [6.07, 6.45) is 3.65. The summed E-state index contributed by atoms with van der Waals surface area (Å²) in [5, 5.41) is 2.65. The zero-order valence-corrected chi connectivity index (χ0v) is 14.0. The number of carbonyl (C=O) groups is 2. The summed E-state index contributed by atoms with van der Waals surface area (Å²) in [5.74, 6) is -1.77. The van der Waals surface area contributed by atoms with Gasteiger partial charge in [0.2, 0.25) is 11.8 Å². The Morgan fingerprint density at radius 3 is 2.42 bits per heavy atom. The Morgan fingerprint density at radius 2 is 1.81 bits per heavy atom. The van der Waals surface area contributed by atoms with Crippen molar-refractivity contribution in [1.29, 1.82) is 0 Å². The summed E-state index contributed by atoms with van der Waals surface area (Å²) < 4.78 is 27.0. The normalized spacial score (nSPS) is 14.2. The predicted molar refractivity (Wildman–Crippen MR) is 95.3 cm³/mol. The van der Waals surface area contributed by atoms with Crippen molar-refractivity contribution in [3.8, 4) is 0 Å². The monoisotopic (exact) mass is 356 g/mol. The first-order chi connectivity index (χ1) is 12.5. The van der Waals surface area contributed by atoms with Gasteiger partial charge in [-0.1, -0.05) is 18.2 Å². The Morgan fingerprint density at radius 1 is 1.12 bits per heavy atom. The van der Waals surface area contributed by atoms with Crippen molar-refractivity contribution in [1.82, 2.24) is 5.32 Å². The lowest BCUT2D eigenvalue weighted by molar-refractivity contribution is -0.117. The topological polar surface area (TPSA) is 49.4 Å². The molecule has 0 unspecified atom stereocenters. The van der Waals surface area contributed by atoms with Gasteiger partial charge in [-0.25, -0.2) is 8.78 Å². The Hall–Kier alpha value is -3.02. The highest BCUT2D eigenvalue weighted by Crippen LogP contribution is 2.21. The number of anilines is 1. The van der Waals surface area contributed by atoms with Crippen LogP contribution in [0.2, 0.25) is 0 Å². The maximum Gasteiger partial charge on any atom is 0.244 e. The number of hydrogen-bond donors (Lipinski definition) is 1. The van der Waals surface area contributed by atoms with Gasteiger partial charge in [-0.05, 0) is 42.3 Å². The van der Waals surface area contributed by atoms with E-state index in [0.29, 0.717) is 6.42 Å². The average molecular weight is 356 g/mol. The molecule has 2 aromatic rings. The third-order valence-corrected chi connectivity index (χ3v) is 4.19. The molecule has 4 nitrogen and oxygen atoms in total. The average Bonchev–Trinajstić information content (AvgIpc) is 3.06. The fourth-order valence-electron chi connectivity index (χ4n) is 2.79. The maximum atomic E-state index is 13.5. The third-order valence-electron chi connectivity index (χ3n) is 4.19. The predicted octanol–water partition coefficient (Wildman–Crippen LogP) is 3.42. The minimum absolute atomic E-state index is 0.122. The summed E-state index contributed by atoms with van der Waals surface area (Å²) in [6.45, 7) is 1.00. The van der Waals surface area contributed by atoms with Gasteiger partial charge in [-0.3, -0.25) is 9.59 Å². The molecule has 26 heavy (non-hydrogen) atoms. The molecule has 1 aliphatic heterocycles. The van der Waals surface area contributed by atoms with Crippen LogP contribution in [0.3, 0.4) is 0 Å². The van der Waals surface area contributed by atoms with Gasteiger partial charge in [0, 0.05) is 36.8 Å². The molecular formula is C20H18F2N2O2. The number of halogens is 2. The molecule has 1 fully saturated rings. The lowest BCUT2D eigenvalue weighted by atomic mass is 10.1. The molecule has 0 radical (unpaired) electrons. The van der Waals surface area contributed by atoms with E-state index in [1.807, 2.05) is 24.3 Å². The van der Waals surface area contributed by atoms with E-state index >= 15 is 0 Å². The van der Waals surface area contributed by atoms with Gasteiger partial charge >= 0.3 is 0 Å². The van der Waals surface area contributed by atoms with Crippen molar-refractivity contribution < 1.29 is 18.4 Å². The molecule has 1 heterocycles. The molecule has 0 bridgehead atoms. The number of nitrogens with one attached hydrogen (secondary N) is 1. The second-order valence-electron chi connectivity index (χ2n) is 6.00. The van der Waals surface area contributed by atoms with Crippen LogP contribution in [-0.4, -0.2) is 18.4 Å².